The van der Waals surface area contributed by atoms with Gasteiger partial charge in [0.05, 0.1) is 5.41 Å². The summed E-state index contributed by atoms with van der Waals surface area (Å²) in [5, 5.41) is 9.47. The number of hydrogen-bond donors (Lipinski definition) is 1. The molecule has 1 atom stereocenters. The predicted octanol–water partition coefficient (Wildman–Crippen LogP) is 2.04. The van der Waals surface area contributed by atoms with Crippen LogP contribution in [0.4, 0.5) is 5.69 Å². The minimum Gasteiger partial charge on any atom is -0.508 e. The number of nitrogens with zero attached hydrogens (tertiary/aromatic N) is 1. The number of carbonyl (C=O) groups excluding carboxylic acids is 1. The molecule has 0 aromatic heterocycles. The molecule has 1 aliphatic rings. The molecule has 80 valence electrons. The third-order valence-corrected chi connectivity index (χ3v) is 3.42. The van der Waals surface area contributed by atoms with Crippen molar-refractivity contribution in [1.29, 1.82) is 0 Å². The van der Waals surface area contributed by atoms with Crippen molar-refractivity contribution < 1.29 is 9.90 Å². The summed E-state index contributed by atoms with van der Waals surface area (Å²) in [4.78, 5) is 13.7. The number of benzene rings is 1. The van der Waals surface area contributed by atoms with Crippen LogP contribution in [0.1, 0.15) is 25.8 Å². The molecule has 0 unspecified atom stereocenters. The number of rotatable bonds is 1. The summed E-state index contributed by atoms with van der Waals surface area (Å²) in [6.45, 7) is 3.92. The van der Waals surface area contributed by atoms with Crippen molar-refractivity contribution in [2.24, 2.45) is 0 Å². The number of likely N-dealkylation sites (N-methyl/N-ethyl adjacent to an activating group) is 1. The summed E-state index contributed by atoms with van der Waals surface area (Å²) in [6, 6.07) is 5.10. The van der Waals surface area contributed by atoms with Crippen LogP contribution in [0, 0.1) is 0 Å². The van der Waals surface area contributed by atoms with Crippen molar-refractivity contribution in [2.45, 2.75) is 25.7 Å². The van der Waals surface area contributed by atoms with E-state index in [1.807, 2.05) is 13.8 Å². The zero-order valence-corrected chi connectivity index (χ0v) is 9.24. The van der Waals surface area contributed by atoms with Crippen LogP contribution in [0.15, 0.2) is 18.2 Å². The Morgan fingerprint density at radius 1 is 1.47 bits per heavy atom. The number of phenols is 1. The van der Waals surface area contributed by atoms with E-state index < -0.39 is 5.41 Å². The topological polar surface area (TPSA) is 40.5 Å². The Morgan fingerprint density at radius 3 is 2.73 bits per heavy atom. The lowest BCUT2D eigenvalue weighted by atomic mass is 9.81. The summed E-state index contributed by atoms with van der Waals surface area (Å²) < 4.78 is 0. The van der Waals surface area contributed by atoms with Gasteiger partial charge in [-0.2, -0.15) is 0 Å². The number of carbonyl (C=O) groups is 1. The van der Waals surface area contributed by atoms with Gasteiger partial charge in [-0.05, 0) is 37.1 Å². The first-order chi connectivity index (χ1) is 7.00. The van der Waals surface area contributed by atoms with E-state index in [1.54, 1.807) is 30.1 Å². The van der Waals surface area contributed by atoms with Crippen molar-refractivity contribution in [3.63, 3.8) is 0 Å². The van der Waals surface area contributed by atoms with Crippen LogP contribution in [-0.2, 0) is 10.2 Å². The molecular formula is C12H15NO2. The Hall–Kier alpha value is -1.51. The Bertz CT molecular complexity index is 428. The average Bonchev–Trinajstić information content (AvgIpc) is 2.42. The second kappa shape index (κ2) is 2.99. The summed E-state index contributed by atoms with van der Waals surface area (Å²) in [6.07, 6.45) is 0.743. The third-order valence-electron chi connectivity index (χ3n) is 3.42. The van der Waals surface area contributed by atoms with Gasteiger partial charge in [-0.25, -0.2) is 0 Å². The number of fused-ring (bicyclic) bond motifs is 1. The lowest BCUT2D eigenvalue weighted by molar-refractivity contribution is -0.122. The van der Waals surface area contributed by atoms with E-state index in [-0.39, 0.29) is 11.7 Å². The SMILES string of the molecule is CC[C@]1(C)C(=O)N(C)c2ccc(O)cc21. The van der Waals surface area contributed by atoms with Crippen LogP contribution in [0.3, 0.4) is 0 Å². The molecule has 0 aliphatic carbocycles. The maximum Gasteiger partial charge on any atom is 0.237 e. The van der Waals surface area contributed by atoms with Crippen molar-refractivity contribution in [1.82, 2.24) is 0 Å². The van der Waals surface area contributed by atoms with E-state index in [4.69, 9.17) is 0 Å². The molecule has 1 aromatic rings. The van der Waals surface area contributed by atoms with Crippen LogP contribution in [-0.4, -0.2) is 18.1 Å². The predicted molar refractivity (Wildman–Crippen MR) is 59.2 cm³/mol. The summed E-state index contributed by atoms with van der Waals surface area (Å²) >= 11 is 0. The highest BCUT2D eigenvalue weighted by molar-refractivity contribution is 6.07. The average molecular weight is 205 g/mol. The van der Waals surface area contributed by atoms with Gasteiger partial charge in [-0.15, -0.1) is 0 Å². The Labute approximate surface area is 89.3 Å². The van der Waals surface area contributed by atoms with Crippen LogP contribution in [0.5, 0.6) is 5.75 Å². The number of phenolic OH excluding ortho intramolecular Hbond substituents is 1. The van der Waals surface area contributed by atoms with E-state index in [0.29, 0.717) is 0 Å². The van der Waals surface area contributed by atoms with E-state index in [0.717, 1.165) is 17.7 Å². The molecule has 1 aromatic carbocycles. The highest BCUT2D eigenvalue weighted by Gasteiger charge is 2.44. The van der Waals surface area contributed by atoms with Crippen molar-refractivity contribution in [2.75, 3.05) is 11.9 Å². The molecule has 1 aliphatic heterocycles. The number of anilines is 1. The normalized spacial score (nSPS) is 24.5. The van der Waals surface area contributed by atoms with Gasteiger partial charge < -0.3 is 10.0 Å². The lowest BCUT2D eigenvalue weighted by Gasteiger charge is -2.20. The Balaban J connectivity index is 2.67. The minimum absolute atomic E-state index is 0.102. The standard InChI is InChI=1S/C12H15NO2/c1-4-12(2)9-7-8(14)5-6-10(9)13(3)11(12)15/h5-7,14H,4H2,1-3H3/t12-/m0/s1. The van der Waals surface area contributed by atoms with Gasteiger partial charge in [-0.1, -0.05) is 6.92 Å². The smallest absolute Gasteiger partial charge is 0.237 e. The molecule has 1 heterocycles. The monoisotopic (exact) mass is 205 g/mol. The maximum atomic E-state index is 12.1. The van der Waals surface area contributed by atoms with E-state index in [2.05, 4.69) is 0 Å². The van der Waals surface area contributed by atoms with Crippen LogP contribution < -0.4 is 4.90 Å². The zero-order valence-electron chi connectivity index (χ0n) is 9.24. The third kappa shape index (κ3) is 1.16. The molecule has 15 heavy (non-hydrogen) atoms. The molecule has 0 fully saturated rings. The van der Waals surface area contributed by atoms with Crippen molar-refractivity contribution >= 4 is 11.6 Å². The molecule has 0 spiro atoms. The van der Waals surface area contributed by atoms with E-state index in [1.165, 1.54) is 0 Å². The van der Waals surface area contributed by atoms with E-state index >= 15 is 0 Å². The fraction of sp³-hybridized carbons (Fsp3) is 0.417. The van der Waals surface area contributed by atoms with Crippen LogP contribution in [0.25, 0.3) is 0 Å². The minimum atomic E-state index is -0.483. The first kappa shape index (κ1) is 10.0. The second-order valence-electron chi connectivity index (χ2n) is 4.25. The lowest BCUT2D eigenvalue weighted by Crippen LogP contribution is -2.35. The van der Waals surface area contributed by atoms with Crippen molar-refractivity contribution in [3.8, 4) is 5.75 Å². The molecule has 0 saturated carbocycles. The van der Waals surface area contributed by atoms with Crippen molar-refractivity contribution in [3.05, 3.63) is 23.8 Å². The van der Waals surface area contributed by atoms with Gasteiger partial charge in [0.25, 0.3) is 0 Å². The number of hydrogen-bond acceptors (Lipinski definition) is 2. The first-order valence-electron chi connectivity index (χ1n) is 5.12. The van der Waals surface area contributed by atoms with Crippen LogP contribution in [0.2, 0.25) is 0 Å². The molecule has 3 nitrogen and oxygen atoms in total. The molecule has 3 heteroatoms. The largest absolute Gasteiger partial charge is 0.508 e. The summed E-state index contributed by atoms with van der Waals surface area (Å²) in [5.74, 6) is 0.321. The van der Waals surface area contributed by atoms with E-state index in [9.17, 15) is 9.90 Å². The van der Waals surface area contributed by atoms with Gasteiger partial charge in [0.1, 0.15) is 5.75 Å². The Kier molecular flexibility index (Phi) is 2.00. The molecular weight excluding hydrogens is 190 g/mol. The Morgan fingerprint density at radius 2 is 2.13 bits per heavy atom. The van der Waals surface area contributed by atoms with Gasteiger partial charge >= 0.3 is 0 Å². The van der Waals surface area contributed by atoms with Crippen LogP contribution >= 0.6 is 0 Å². The molecule has 1 N–H and O–H groups in total. The van der Waals surface area contributed by atoms with Gasteiger partial charge in [0.15, 0.2) is 0 Å². The fourth-order valence-corrected chi connectivity index (χ4v) is 2.19. The second-order valence-corrected chi connectivity index (χ2v) is 4.25. The highest BCUT2D eigenvalue weighted by Crippen LogP contribution is 2.44. The molecule has 1 amide bonds. The molecule has 0 radical (unpaired) electrons. The molecule has 0 bridgehead atoms. The summed E-state index contributed by atoms with van der Waals surface area (Å²) in [7, 11) is 1.78. The quantitative estimate of drug-likeness (QED) is 0.762. The zero-order chi connectivity index (χ0) is 11.2. The molecule has 2 rings (SSSR count). The first-order valence-corrected chi connectivity index (χ1v) is 5.12. The number of amides is 1. The fourth-order valence-electron chi connectivity index (χ4n) is 2.19. The van der Waals surface area contributed by atoms with Gasteiger partial charge in [0.2, 0.25) is 5.91 Å². The van der Waals surface area contributed by atoms with Gasteiger partial charge in [0, 0.05) is 12.7 Å². The molecule has 0 saturated heterocycles. The van der Waals surface area contributed by atoms with Gasteiger partial charge in [-0.3, -0.25) is 4.79 Å². The summed E-state index contributed by atoms with van der Waals surface area (Å²) in [5.41, 5.74) is 1.35. The maximum absolute atomic E-state index is 12.1. The highest BCUT2D eigenvalue weighted by atomic mass is 16.3. The number of aromatic hydroxyl groups is 1.